The lowest BCUT2D eigenvalue weighted by Gasteiger charge is -2.08. The van der Waals surface area contributed by atoms with Crippen LogP contribution in [0, 0.1) is 13.8 Å². The van der Waals surface area contributed by atoms with Crippen LogP contribution in [-0.2, 0) is 22.6 Å². The van der Waals surface area contributed by atoms with Gasteiger partial charge in [-0.1, -0.05) is 0 Å². The van der Waals surface area contributed by atoms with Crippen molar-refractivity contribution in [1.82, 2.24) is 9.88 Å². The number of hydrogen-bond donors (Lipinski definition) is 3. The minimum absolute atomic E-state index is 0.273. The van der Waals surface area contributed by atoms with E-state index >= 15 is 0 Å². The Morgan fingerprint density at radius 1 is 1.00 bits per heavy atom. The molecule has 0 saturated carbocycles. The van der Waals surface area contributed by atoms with E-state index in [0.717, 1.165) is 11.4 Å². The van der Waals surface area contributed by atoms with Crippen molar-refractivity contribution in [2.45, 2.75) is 40.8 Å². The molecule has 9 heteroatoms. The SMILES string of the molecule is CCOC(=O)c1c(/C=C/C(=O)Nc2ccc(NC(=O)NCc3ccco3)cc2)c(C)n(CC)c1C. The summed E-state index contributed by atoms with van der Waals surface area (Å²) < 4.78 is 12.4. The first-order chi connectivity index (χ1) is 16.8. The van der Waals surface area contributed by atoms with Gasteiger partial charge in [0.2, 0.25) is 5.91 Å². The van der Waals surface area contributed by atoms with Crippen LogP contribution in [0.25, 0.3) is 6.08 Å². The van der Waals surface area contributed by atoms with Gasteiger partial charge in [-0.2, -0.15) is 0 Å². The molecule has 3 N–H and O–H groups in total. The standard InChI is InChI=1S/C26H30N4O5/c1-5-30-17(3)22(24(18(30)4)25(32)34-6-2)13-14-23(31)28-19-9-11-20(12-10-19)29-26(33)27-16-21-8-7-15-35-21/h7-15H,5-6,16H2,1-4H3,(H,28,31)(H2,27,29,33)/b14-13+. The van der Waals surface area contributed by atoms with Crippen LogP contribution in [0.3, 0.4) is 0 Å². The molecule has 0 aliphatic carbocycles. The van der Waals surface area contributed by atoms with Crippen LogP contribution in [-0.4, -0.2) is 29.1 Å². The van der Waals surface area contributed by atoms with Crippen molar-refractivity contribution in [1.29, 1.82) is 0 Å². The second-order valence-corrected chi connectivity index (χ2v) is 7.71. The van der Waals surface area contributed by atoms with Crippen LogP contribution in [0.2, 0.25) is 0 Å². The largest absolute Gasteiger partial charge is 0.467 e. The zero-order valence-corrected chi connectivity index (χ0v) is 20.3. The smallest absolute Gasteiger partial charge is 0.340 e. The number of benzene rings is 1. The summed E-state index contributed by atoms with van der Waals surface area (Å²) in [6, 6.07) is 9.87. The highest BCUT2D eigenvalue weighted by atomic mass is 16.5. The highest BCUT2D eigenvalue weighted by Crippen LogP contribution is 2.25. The average molecular weight is 479 g/mol. The molecule has 2 heterocycles. The predicted molar refractivity (Wildman–Crippen MR) is 134 cm³/mol. The fourth-order valence-corrected chi connectivity index (χ4v) is 3.78. The van der Waals surface area contributed by atoms with Gasteiger partial charge < -0.3 is 29.7 Å². The zero-order valence-electron chi connectivity index (χ0n) is 20.3. The van der Waals surface area contributed by atoms with E-state index < -0.39 is 5.97 Å². The van der Waals surface area contributed by atoms with Crippen LogP contribution in [0.15, 0.2) is 53.2 Å². The third kappa shape index (κ3) is 6.41. The lowest BCUT2D eigenvalue weighted by atomic mass is 10.1. The van der Waals surface area contributed by atoms with E-state index in [4.69, 9.17) is 9.15 Å². The van der Waals surface area contributed by atoms with Gasteiger partial charge in [0.25, 0.3) is 0 Å². The summed E-state index contributed by atoms with van der Waals surface area (Å²) in [5, 5.41) is 8.18. The second-order valence-electron chi connectivity index (χ2n) is 7.71. The lowest BCUT2D eigenvalue weighted by Crippen LogP contribution is -2.27. The molecule has 0 atom stereocenters. The molecular formula is C26H30N4O5. The maximum Gasteiger partial charge on any atom is 0.340 e. The van der Waals surface area contributed by atoms with Crippen molar-refractivity contribution in [3.8, 4) is 0 Å². The maximum absolute atomic E-state index is 12.5. The molecule has 35 heavy (non-hydrogen) atoms. The Morgan fingerprint density at radius 2 is 1.69 bits per heavy atom. The number of furan rings is 1. The van der Waals surface area contributed by atoms with Crippen LogP contribution >= 0.6 is 0 Å². The average Bonchev–Trinajstić information content (AvgIpc) is 3.43. The van der Waals surface area contributed by atoms with Gasteiger partial charge in [-0.05, 0) is 70.2 Å². The number of anilines is 2. The monoisotopic (exact) mass is 478 g/mol. The Balaban J connectivity index is 1.62. The van der Waals surface area contributed by atoms with Gasteiger partial charge in [-0.3, -0.25) is 4.79 Å². The number of esters is 1. The van der Waals surface area contributed by atoms with Crippen molar-refractivity contribution in [2.75, 3.05) is 17.2 Å². The van der Waals surface area contributed by atoms with Gasteiger partial charge in [0.1, 0.15) is 5.76 Å². The van der Waals surface area contributed by atoms with E-state index in [1.807, 2.05) is 25.3 Å². The summed E-state index contributed by atoms with van der Waals surface area (Å²) in [5.74, 6) is -0.105. The molecule has 3 amide bonds. The van der Waals surface area contributed by atoms with E-state index in [0.29, 0.717) is 34.8 Å². The quantitative estimate of drug-likeness (QED) is 0.300. The number of carbonyl (C=O) groups excluding carboxylic acids is 3. The molecule has 3 rings (SSSR count). The molecule has 0 aliphatic heterocycles. The second kappa shape index (κ2) is 11.7. The topological polar surface area (TPSA) is 115 Å². The molecule has 0 radical (unpaired) electrons. The van der Waals surface area contributed by atoms with Crippen LogP contribution < -0.4 is 16.0 Å². The summed E-state index contributed by atoms with van der Waals surface area (Å²) in [6.07, 6.45) is 4.56. The van der Waals surface area contributed by atoms with Gasteiger partial charge in [0.05, 0.1) is 25.0 Å². The molecular weight excluding hydrogens is 448 g/mol. The van der Waals surface area contributed by atoms with Crippen molar-refractivity contribution < 1.29 is 23.5 Å². The lowest BCUT2D eigenvalue weighted by molar-refractivity contribution is -0.111. The number of aromatic nitrogens is 1. The van der Waals surface area contributed by atoms with E-state index in [9.17, 15) is 14.4 Å². The molecule has 0 saturated heterocycles. The normalized spacial score (nSPS) is 10.9. The molecule has 0 unspecified atom stereocenters. The number of carbonyl (C=O) groups is 3. The molecule has 0 spiro atoms. The molecule has 9 nitrogen and oxygen atoms in total. The number of ether oxygens (including phenoxy) is 1. The van der Waals surface area contributed by atoms with E-state index in [2.05, 4.69) is 16.0 Å². The first kappa shape index (κ1) is 25.4. The highest BCUT2D eigenvalue weighted by Gasteiger charge is 2.22. The summed E-state index contributed by atoms with van der Waals surface area (Å²) in [7, 11) is 0. The molecule has 2 aromatic heterocycles. The van der Waals surface area contributed by atoms with Crippen molar-refractivity contribution in [3.05, 3.63) is 77.0 Å². The number of nitrogens with zero attached hydrogens (tertiary/aromatic N) is 1. The van der Waals surface area contributed by atoms with Gasteiger partial charge in [0, 0.05) is 40.9 Å². The fraction of sp³-hybridized carbons (Fsp3) is 0.269. The number of rotatable bonds is 9. The Bertz CT molecular complexity index is 1210. The summed E-state index contributed by atoms with van der Waals surface area (Å²) in [6.45, 7) is 8.78. The van der Waals surface area contributed by atoms with Crippen molar-refractivity contribution >= 4 is 35.4 Å². The van der Waals surface area contributed by atoms with Gasteiger partial charge in [-0.15, -0.1) is 0 Å². The van der Waals surface area contributed by atoms with E-state index in [-0.39, 0.29) is 25.1 Å². The van der Waals surface area contributed by atoms with Crippen LogP contribution in [0.4, 0.5) is 16.2 Å². The van der Waals surface area contributed by atoms with E-state index in [1.165, 1.54) is 6.08 Å². The van der Waals surface area contributed by atoms with Gasteiger partial charge in [-0.25, -0.2) is 9.59 Å². The van der Waals surface area contributed by atoms with E-state index in [1.54, 1.807) is 55.7 Å². The zero-order chi connectivity index (χ0) is 25.4. The number of nitrogens with one attached hydrogen (secondary N) is 3. The molecule has 184 valence electrons. The van der Waals surface area contributed by atoms with Gasteiger partial charge in [0.15, 0.2) is 0 Å². The minimum atomic E-state index is -0.406. The molecule has 0 fully saturated rings. The Morgan fingerprint density at radius 3 is 2.29 bits per heavy atom. The minimum Gasteiger partial charge on any atom is -0.467 e. The fourth-order valence-electron chi connectivity index (χ4n) is 3.78. The summed E-state index contributed by atoms with van der Waals surface area (Å²) in [5.41, 5.74) is 3.96. The molecule has 0 aliphatic rings. The predicted octanol–water partition coefficient (Wildman–Crippen LogP) is 4.87. The Hall–Kier alpha value is -4.27. The summed E-state index contributed by atoms with van der Waals surface area (Å²) in [4.78, 5) is 37.0. The Kier molecular flexibility index (Phi) is 8.50. The molecule has 3 aromatic rings. The first-order valence-corrected chi connectivity index (χ1v) is 11.4. The van der Waals surface area contributed by atoms with Crippen LogP contribution in [0.1, 0.15) is 46.9 Å². The van der Waals surface area contributed by atoms with Crippen LogP contribution in [0.5, 0.6) is 0 Å². The van der Waals surface area contributed by atoms with Crippen molar-refractivity contribution in [3.63, 3.8) is 0 Å². The molecule has 1 aromatic carbocycles. The van der Waals surface area contributed by atoms with Gasteiger partial charge >= 0.3 is 12.0 Å². The highest BCUT2D eigenvalue weighted by molar-refractivity contribution is 6.04. The maximum atomic E-state index is 12.5. The summed E-state index contributed by atoms with van der Waals surface area (Å²) >= 11 is 0. The third-order valence-corrected chi connectivity index (χ3v) is 5.44. The molecule has 0 bridgehead atoms. The Labute approximate surface area is 204 Å². The number of urea groups is 1. The third-order valence-electron chi connectivity index (χ3n) is 5.44. The number of amides is 3. The first-order valence-electron chi connectivity index (χ1n) is 11.4. The van der Waals surface area contributed by atoms with Crippen molar-refractivity contribution in [2.24, 2.45) is 0 Å². The number of hydrogen-bond acceptors (Lipinski definition) is 5.